The Morgan fingerprint density at radius 3 is 2.86 bits per heavy atom. The van der Waals surface area contributed by atoms with Crippen LogP contribution in [0.25, 0.3) is 0 Å². The van der Waals surface area contributed by atoms with Gasteiger partial charge < -0.3 is 19.9 Å². The molecule has 0 aromatic heterocycles. The van der Waals surface area contributed by atoms with Crippen molar-refractivity contribution in [2.75, 3.05) is 6.79 Å². The number of rotatable bonds is 7. The molecule has 1 atom stereocenters. The van der Waals surface area contributed by atoms with Crippen molar-refractivity contribution in [3.63, 3.8) is 0 Å². The Morgan fingerprint density at radius 2 is 2.14 bits per heavy atom. The second-order valence-corrected chi connectivity index (χ2v) is 4.67. The van der Waals surface area contributed by atoms with Gasteiger partial charge in [0.25, 0.3) is 0 Å². The number of carbonyl (C=O) groups is 2. The minimum Gasteiger partial charge on any atom is -0.480 e. The minimum atomic E-state index is -1.06. The molecule has 1 aliphatic rings. The predicted octanol–water partition coefficient (Wildman–Crippen LogP) is 1.49. The first-order valence-corrected chi connectivity index (χ1v) is 6.61. The van der Waals surface area contributed by atoms with Gasteiger partial charge in [0.2, 0.25) is 12.7 Å². The van der Waals surface area contributed by atoms with E-state index in [1.165, 1.54) is 6.08 Å². The summed E-state index contributed by atoms with van der Waals surface area (Å²) in [5, 5.41) is 11.4. The van der Waals surface area contributed by atoms with Gasteiger partial charge in [0.15, 0.2) is 11.5 Å². The van der Waals surface area contributed by atoms with Crippen molar-refractivity contribution in [2.45, 2.75) is 25.3 Å². The second-order valence-electron chi connectivity index (χ2n) is 4.67. The van der Waals surface area contributed by atoms with Gasteiger partial charge in [-0.1, -0.05) is 12.1 Å². The predicted molar refractivity (Wildman–Crippen MR) is 75.3 cm³/mol. The van der Waals surface area contributed by atoms with Gasteiger partial charge in [-0.3, -0.25) is 4.79 Å². The summed E-state index contributed by atoms with van der Waals surface area (Å²) in [5.41, 5.74) is 0.935. The molecule has 0 saturated carbocycles. The van der Waals surface area contributed by atoms with Crippen molar-refractivity contribution in [3.8, 4) is 11.5 Å². The average molecular weight is 291 g/mol. The molecule has 1 heterocycles. The van der Waals surface area contributed by atoms with Crippen LogP contribution in [0.2, 0.25) is 0 Å². The summed E-state index contributed by atoms with van der Waals surface area (Å²) in [5.74, 6) is -0.00338. The maximum absolute atomic E-state index is 11.8. The topological polar surface area (TPSA) is 84.9 Å². The minimum absolute atomic E-state index is 0.200. The lowest BCUT2D eigenvalue weighted by molar-refractivity contribution is -0.141. The van der Waals surface area contributed by atoms with Crippen LogP contribution in [0.4, 0.5) is 0 Å². The van der Waals surface area contributed by atoms with Gasteiger partial charge >= 0.3 is 5.97 Å². The highest BCUT2D eigenvalue weighted by atomic mass is 16.7. The van der Waals surface area contributed by atoms with Crippen molar-refractivity contribution in [3.05, 3.63) is 36.4 Å². The van der Waals surface area contributed by atoms with Crippen molar-refractivity contribution < 1.29 is 24.2 Å². The van der Waals surface area contributed by atoms with Gasteiger partial charge in [0, 0.05) is 6.42 Å². The number of hydrogen-bond donors (Lipinski definition) is 2. The summed E-state index contributed by atoms with van der Waals surface area (Å²) in [4.78, 5) is 22.7. The van der Waals surface area contributed by atoms with Crippen molar-refractivity contribution >= 4 is 11.9 Å². The normalized spacial score (nSPS) is 13.5. The van der Waals surface area contributed by atoms with Crippen LogP contribution >= 0.6 is 0 Å². The van der Waals surface area contributed by atoms with Crippen molar-refractivity contribution in [1.82, 2.24) is 5.32 Å². The third-order valence-corrected chi connectivity index (χ3v) is 3.11. The van der Waals surface area contributed by atoms with Crippen LogP contribution in [-0.4, -0.2) is 29.8 Å². The summed E-state index contributed by atoms with van der Waals surface area (Å²) >= 11 is 0. The third kappa shape index (κ3) is 3.98. The zero-order valence-corrected chi connectivity index (χ0v) is 11.5. The molecule has 2 rings (SSSR count). The lowest BCUT2D eigenvalue weighted by Gasteiger charge is -2.12. The number of amides is 1. The van der Waals surface area contributed by atoms with Crippen LogP contribution in [0, 0.1) is 0 Å². The lowest BCUT2D eigenvalue weighted by Crippen LogP contribution is -2.40. The van der Waals surface area contributed by atoms with E-state index in [9.17, 15) is 9.59 Å². The molecule has 21 heavy (non-hydrogen) atoms. The molecular weight excluding hydrogens is 274 g/mol. The van der Waals surface area contributed by atoms with Crippen LogP contribution in [0.5, 0.6) is 11.5 Å². The maximum Gasteiger partial charge on any atom is 0.326 e. The van der Waals surface area contributed by atoms with Crippen LogP contribution in [-0.2, 0) is 16.0 Å². The van der Waals surface area contributed by atoms with Gasteiger partial charge in [-0.05, 0) is 30.5 Å². The Bertz CT molecular complexity index is 555. The summed E-state index contributed by atoms with van der Waals surface area (Å²) in [6, 6.07) is 4.56. The molecule has 0 spiro atoms. The highest BCUT2D eigenvalue weighted by Crippen LogP contribution is 2.32. The number of aliphatic carboxylic acids is 1. The van der Waals surface area contributed by atoms with Gasteiger partial charge in [-0.15, -0.1) is 6.58 Å². The molecule has 0 aliphatic carbocycles. The van der Waals surface area contributed by atoms with Crippen LogP contribution in [0.3, 0.4) is 0 Å². The quantitative estimate of drug-likeness (QED) is 0.744. The summed E-state index contributed by atoms with van der Waals surface area (Å²) < 4.78 is 10.5. The summed E-state index contributed by atoms with van der Waals surface area (Å²) in [7, 11) is 0. The van der Waals surface area contributed by atoms with E-state index in [1.54, 1.807) is 6.07 Å². The Morgan fingerprint density at radius 1 is 1.38 bits per heavy atom. The van der Waals surface area contributed by atoms with Gasteiger partial charge in [0.05, 0.1) is 0 Å². The molecule has 0 saturated heterocycles. The molecule has 1 aliphatic heterocycles. The number of carbonyl (C=O) groups excluding carboxylic acids is 1. The number of fused-ring (bicyclic) bond motifs is 1. The Hall–Kier alpha value is -2.50. The first-order valence-electron chi connectivity index (χ1n) is 6.61. The molecule has 1 amide bonds. The van der Waals surface area contributed by atoms with E-state index in [2.05, 4.69) is 11.9 Å². The Balaban J connectivity index is 1.86. The molecule has 6 heteroatoms. The van der Waals surface area contributed by atoms with Gasteiger partial charge in [0.1, 0.15) is 6.04 Å². The number of aryl methyl sites for hydroxylation is 1. The standard InChI is InChI=1S/C15H17NO5/c1-2-3-11(15(18)19)16-14(17)7-5-10-4-6-12-13(8-10)21-9-20-12/h2,4,6,8,11H,1,3,5,7,9H2,(H,16,17)(H,18,19). The van der Waals surface area contributed by atoms with E-state index in [-0.39, 0.29) is 25.5 Å². The lowest BCUT2D eigenvalue weighted by atomic mass is 10.1. The van der Waals surface area contributed by atoms with E-state index in [1.807, 2.05) is 12.1 Å². The third-order valence-electron chi connectivity index (χ3n) is 3.11. The molecule has 112 valence electrons. The second kappa shape index (κ2) is 6.78. The molecule has 2 N–H and O–H groups in total. The highest BCUT2D eigenvalue weighted by Gasteiger charge is 2.18. The number of carboxylic acid groups (broad SMARTS) is 1. The highest BCUT2D eigenvalue weighted by molar-refractivity contribution is 5.83. The Labute approximate surface area is 122 Å². The monoisotopic (exact) mass is 291 g/mol. The fourth-order valence-corrected chi connectivity index (χ4v) is 2.01. The van der Waals surface area contributed by atoms with Crippen LogP contribution in [0.1, 0.15) is 18.4 Å². The SMILES string of the molecule is C=CCC(NC(=O)CCc1ccc2c(c1)OCO2)C(=O)O. The zero-order valence-electron chi connectivity index (χ0n) is 11.5. The van der Waals surface area contributed by atoms with E-state index < -0.39 is 12.0 Å². The smallest absolute Gasteiger partial charge is 0.326 e. The maximum atomic E-state index is 11.8. The molecule has 1 aromatic rings. The fourth-order valence-electron chi connectivity index (χ4n) is 2.01. The molecule has 0 radical (unpaired) electrons. The first-order chi connectivity index (χ1) is 10.1. The molecule has 0 bridgehead atoms. The summed E-state index contributed by atoms with van der Waals surface area (Å²) in [6.07, 6.45) is 2.38. The molecule has 1 aromatic carbocycles. The van der Waals surface area contributed by atoms with Gasteiger partial charge in [-0.25, -0.2) is 4.79 Å². The van der Waals surface area contributed by atoms with E-state index in [0.717, 1.165) is 5.56 Å². The number of hydrogen-bond acceptors (Lipinski definition) is 4. The van der Waals surface area contributed by atoms with Crippen LogP contribution < -0.4 is 14.8 Å². The van der Waals surface area contributed by atoms with Crippen molar-refractivity contribution in [2.24, 2.45) is 0 Å². The van der Waals surface area contributed by atoms with E-state index in [4.69, 9.17) is 14.6 Å². The molecule has 0 fully saturated rings. The van der Waals surface area contributed by atoms with E-state index in [0.29, 0.717) is 17.9 Å². The molecule has 1 unspecified atom stereocenters. The number of benzene rings is 1. The largest absolute Gasteiger partial charge is 0.480 e. The molecular formula is C15H17NO5. The van der Waals surface area contributed by atoms with Crippen molar-refractivity contribution in [1.29, 1.82) is 0 Å². The fraction of sp³-hybridized carbons (Fsp3) is 0.333. The summed E-state index contributed by atoms with van der Waals surface area (Å²) in [6.45, 7) is 3.69. The number of carboxylic acids is 1. The number of nitrogens with one attached hydrogen (secondary N) is 1. The van der Waals surface area contributed by atoms with Gasteiger partial charge in [-0.2, -0.15) is 0 Å². The van der Waals surface area contributed by atoms with E-state index >= 15 is 0 Å². The average Bonchev–Trinajstić information content (AvgIpc) is 2.92. The van der Waals surface area contributed by atoms with Crippen LogP contribution in [0.15, 0.2) is 30.9 Å². The zero-order chi connectivity index (χ0) is 15.2. The molecule has 6 nitrogen and oxygen atoms in total. The first kappa shape index (κ1) is 14.9. The number of ether oxygens (including phenoxy) is 2. The Kier molecular flexibility index (Phi) is 4.81.